The van der Waals surface area contributed by atoms with Crippen LogP contribution in [0, 0.1) is 0 Å². The quantitative estimate of drug-likeness (QED) is 0.179. The molecule has 6 nitrogen and oxygen atoms in total. The zero-order chi connectivity index (χ0) is 35.9. The van der Waals surface area contributed by atoms with Gasteiger partial charge < -0.3 is 19.1 Å². The first kappa shape index (κ1) is 30.6. The molecule has 0 unspecified atom stereocenters. The van der Waals surface area contributed by atoms with Crippen molar-refractivity contribution >= 4 is 71.4 Å². The smallest absolute Gasteiger partial charge is 0.139 e. The number of hydrogen-bond donors (Lipinski definition) is 0. The maximum atomic E-state index is 6.67. The van der Waals surface area contributed by atoms with Crippen LogP contribution in [0.25, 0.3) is 71.3 Å². The van der Waals surface area contributed by atoms with Gasteiger partial charge in [-0.05, 0) is 82.6 Å². The van der Waals surface area contributed by atoms with Crippen LogP contribution in [-0.4, -0.2) is 27.8 Å². The number of pyridine rings is 1. The van der Waals surface area contributed by atoms with Crippen LogP contribution < -0.4 is 14.5 Å². The van der Waals surface area contributed by atoms with Gasteiger partial charge in [-0.2, -0.15) is 0 Å². The van der Waals surface area contributed by atoms with Gasteiger partial charge in [-0.25, -0.2) is 4.98 Å². The zero-order valence-corrected chi connectivity index (χ0v) is 29.9. The predicted molar refractivity (Wildman–Crippen MR) is 224 cm³/mol. The van der Waals surface area contributed by atoms with Crippen LogP contribution in [0.1, 0.15) is 0 Å². The maximum Gasteiger partial charge on any atom is 0.139 e. The van der Waals surface area contributed by atoms with Crippen molar-refractivity contribution in [2.45, 2.75) is 0 Å². The van der Waals surface area contributed by atoms with E-state index in [1.165, 1.54) is 49.6 Å². The number of benzene rings is 7. The topological polar surface area (TPSA) is 38.5 Å². The number of para-hydroxylation sites is 2. The SMILES string of the molecule is CN1CN(c2cccc(Oc3ccc4c5cc(-c6ccccc6)ccc5n(-c5cc6c(cn5)c5cc7ccccc7cc5n6C)c4c3)c2)c2ccccc21. The molecule has 7 aromatic carbocycles. The average Bonchev–Trinajstić information content (AvgIpc) is 3.83. The summed E-state index contributed by atoms with van der Waals surface area (Å²) in [7, 11) is 4.28. The zero-order valence-electron chi connectivity index (χ0n) is 29.9. The van der Waals surface area contributed by atoms with Gasteiger partial charge >= 0.3 is 0 Å². The van der Waals surface area contributed by atoms with Crippen LogP contribution in [0.3, 0.4) is 0 Å². The van der Waals surface area contributed by atoms with E-state index in [1.54, 1.807) is 0 Å². The molecule has 0 fully saturated rings. The normalized spacial score (nSPS) is 12.9. The Kier molecular flexibility index (Phi) is 6.64. The molecule has 0 amide bonds. The fourth-order valence-electron chi connectivity index (χ4n) is 8.47. The Bertz CT molecular complexity index is 3100. The molecule has 0 N–H and O–H groups in total. The second-order valence-electron chi connectivity index (χ2n) is 14.3. The van der Waals surface area contributed by atoms with E-state index in [1.807, 2.05) is 12.3 Å². The molecule has 0 atom stereocenters. The van der Waals surface area contributed by atoms with Gasteiger partial charge in [0.15, 0.2) is 0 Å². The van der Waals surface area contributed by atoms with Crippen LogP contribution in [0.2, 0.25) is 0 Å². The van der Waals surface area contributed by atoms with Crippen molar-refractivity contribution in [3.05, 3.63) is 164 Å². The van der Waals surface area contributed by atoms with Crippen LogP contribution in [-0.2, 0) is 7.05 Å². The lowest BCUT2D eigenvalue weighted by atomic mass is 10.0. The lowest BCUT2D eigenvalue weighted by molar-refractivity contribution is 0.483. The molecule has 0 bridgehead atoms. The molecule has 0 spiro atoms. The van der Waals surface area contributed by atoms with Crippen LogP contribution in [0.15, 0.2) is 164 Å². The Hall–Kier alpha value is -7.05. The van der Waals surface area contributed by atoms with E-state index in [0.29, 0.717) is 0 Å². The number of anilines is 3. The predicted octanol–water partition coefficient (Wildman–Crippen LogP) is 12.0. The van der Waals surface area contributed by atoms with Crippen LogP contribution in [0.4, 0.5) is 17.1 Å². The van der Waals surface area contributed by atoms with E-state index in [-0.39, 0.29) is 0 Å². The molecule has 1 aliphatic heterocycles. The highest BCUT2D eigenvalue weighted by molar-refractivity contribution is 6.14. The highest BCUT2D eigenvalue weighted by Gasteiger charge is 2.24. The summed E-state index contributed by atoms with van der Waals surface area (Å²) in [5.41, 5.74) is 10.3. The third-order valence-electron chi connectivity index (χ3n) is 11.1. The minimum absolute atomic E-state index is 0.767. The van der Waals surface area contributed by atoms with Crippen molar-refractivity contribution in [3.8, 4) is 28.4 Å². The van der Waals surface area contributed by atoms with E-state index in [2.05, 4.69) is 185 Å². The summed E-state index contributed by atoms with van der Waals surface area (Å²) in [5, 5.41) is 7.13. The Morgan fingerprint density at radius 3 is 2.11 bits per heavy atom. The van der Waals surface area contributed by atoms with Crippen molar-refractivity contribution in [2.75, 3.05) is 23.5 Å². The third-order valence-corrected chi connectivity index (χ3v) is 11.1. The highest BCUT2D eigenvalue weighted by atomic mass is 16.5. The molecule has 258 valence electrons. The molecule has 11 rings (SSSR count). The van der Waals surface area contributed by atoms with E-state index >= 15 is 0 Å². The number of fused-ring (bicyclic) bond motifs is 8. The fraction of sp³-hybridized carbons (Fsp3) is 0.0625. The van der Waals surface area contributed by atoms with E-state index in [4.69, 9.17) is 9.72 Å². The summed E-state index contributed by atoms with van der Waals surface area (Å²) in [4.78, 5) is 9.76. The Labute approximate surface area is 312 Å². The number of aromatic nitrogens is 3. The van der Waals surface area contributed by atoms with Gasteiger partial charge in [0.25, 0.3) is 0 Å². The summed E-state index contributed by atoms with van der Waals surface area (Å²) >= 11 is 0. The lowest BCUT2D eigenvalue weighted by Gasteiger charge is -2.20. The average molecular weight is 698 g/mol. The molecule has 4 heterocycles. The van der Waals surface area contributed by atoms with Crippen molar-refractivity contribution in [1.29, 1.82) is 0 Å². The van der Waals surface area contributed by atoms with Gasteiger partial charge in [-0.15, -0.1) is 0 Å². The van der Waals surface area contributed by atoms with Gasteiger partial charge in [0, 0.05) is 71.2 Å². The number of nitrogens with zero attached hydrogens (tertiary/aromatic N) is 5. The minimum Gasteiger partial charge on any atom is -0.457 e. The van der Waals surface area contributed by atoms with E-state index in [0.717, 1.165) is 57.0 Å². The summed E-state index contributed by atoms with van der Waals surface area (Å²) in [6.45, 7) is 0.782. The van der Waals surface area contributed by atoms with Gasteiger partial charge in [0.1, 0.15) is 17.3 Å². The lowest BCUT2D eigenvalue weighted by Crippen LogP contribution is -2.23. The largest absolute Gasteiger partial charge is 0.457 e. The first-order chi connectivity index (χ1) is 26.6. The number of rotatable bonds is 5. The molecule has 1 aliphatic rings. The Morgan fingerprint density at radius 1 is 0.500 bits per heavy atom. The molecule has 54 heavy (non-hydrogen) atoms. The number of hydrogen-bond acceptors (Lipinski definition) is 4. The van der Waals surface area contributed by atoms with Crippen LogP contribution in [0.5, 0.6) is 11.5 Å². The molecular weight excluding hydrogens is 663 g/mol. The van der Waals surface area contributed by atoms with E-state index in [9.17, 15) is 0 Å². The van der Waals surface area contributed by atoms with Crippen molar-refractivity contribution in [2.24, 2.45) is 7.05 Å². The number of aryl methyl sites for hydroxylation is 1. The molecule has 10 aromatic rings. The Balaban J connectivity index is 1.06. The molecule has 0 saturated carbocycles. The molecular formula is C48H35N5O. The maximum absolute atomic E-state index is 6.67. The standard InChI is InChI=1S/C48H35N5O/c1-50-30-52(44-18-9-8-17-43(44)50)35-15-10-16-36(26-35)54-37-20-21-38-39-24-34(31-11-4-3-5-12-31)19-22-42(39)53(47(38)27-37)48-28-46-41(29-49-48)40-23-32-13-6-7-14-33(32)25-45(40)51(46)2/h3-29H,30H2,1-2H3. The highest BCUT2D eigenvalue weighted by Crippen LogP contribution is 2.42. The third kappa shape index (κ3) is 4.70. The monoisotopic (exact) mass is 697 g/mol. The van der Waals surface area contributed by atoms with Gasteiger partial charge in [-0.1, -0.05) is 78.9 Å². The molecule has 6 heteroatoms. The van der Waals surface area contributed by atoms with Crippen LogP contribution >= 0.6 is 0 Å². The van der Waals surface area contributed by atoms with Gasteiger partial charge in [-0.3, -0.25) is 4.57 Å². The second-order valence-corrected chi connectivity index (χ2v) is 14.3. The van der Waals surface area contributed by atoms with Crippen molar-refractivity contribution in [1.82, 2.24) is 14.1 Å². The molecule has 3 aromatic heterocycles. The molecule has 0 radical (unpaired) electrons. The first-order valence-corrected chi connectivity index (χ1v) is 18.3. The second kappa shape index (κ2) is 11.7. The Morgan fingerprint density at radius 2 is 1.24 bits per heavy atom. The first-order valence-electron chi connectivity index (χ1n) is 18.3. The molecule has 0 saturated heterocycles. The summed E-state index contributed by atoms with van der Waals surface area (Å²) in [6, 6.07) is 56.0. The summed E-state index contributed by atoms with van der Waals surface area (Å²) in [5.74, 6) is 2.42. The van der Waals surface area contributed by atoms with Gasteiger partial charge in [0.2, 0.25) is 0 Å². The van der Waals surface area contributed by atoms with E-state index < -0.39 is 0 Å². The fourth-order valence-corrected chi connectivity index (χ4v) is 8.47. The number of ether oxygens (including phenoxy) is 1. The van der Waals surface area contributed by atoms with Crippen molar-refractivity contribution < 1.29 is 4.74 Å². The summed E-state index contributed by atoms with van der Waals surface area (Å²) < 4.78 is 11.2. The summed E-state index contributed by atoms with van der Waals surface area (Å²) in [6.07, 6.45) is 2.04. The molecule has 0 aliphatic carbocycles. The van der Waals surface area contributed by atoms with Crippen molar-refractivity contribution in [3.63, 3.8) is 0 Å². The minimum atomic E-state index is 0.767. The van der Waals surface area contributed by atoms with Gasteiger partial charge in [0.05, 0.1) is 34.6 Å².